The van der Waals surface area contributed by atoms with E-state index in [2.05, 4.69) is 23.0 Å². The number of nitrogens with zero attached hydrogens (tertiary/aromatic N) is 2. The van der Waals surface area contributed by atoms with Crippen molar-refractivity contribution in [2.45, 2.75) is 26.2 Å². The first kappa shape index (κ1) is 18.1. The van der Waals surface area contributed by atoms with Crippen molar-refractivity contribution in [1.29, 1.82) is 0 Å². The van der Waals surface area contributed by atoms with Crippen LogP contribution < -0.4 is 4.74 Å². The van der Waals surface area contributed by atoms with Gasteiger partial charge in [0.05, 0.1) is 19.0 Å². The molecule has 0 aliphatic carbocycles. The molecule has 2 aromatic heterocycles. The Bertz CT molecular complexity index is 904. The second kappa shape index (κ2) is 8.10. The largest absolute Gasteiger partial charge is 0.497 e. The van der Waals surface area contributed by atoms with E-state index in [4.69, 9.17) is 4.74 Å². The molecule has 0 saturated heterocycles. The Kier molecular flexibility index (Phi) is 5.63. The number of benzene rings is 1. The quantitative estimate of drug-likeness (QED) is 0.641. The zero-order valence-corrected chi connectivity index (χ0v) is 15.5. The highest BCUT2D eigenvalue weighted by molar-refractivity contribution is 7.16. The van der Waals surface area contributed by atoms with Crippen LogP contribution >= 0.6 is 11.3 Å². The molecule has 0 spiro atoms. The fourth-order valence-electron chi connectivity index (χ4n) is 2.67. The molecule has 0 unspecified atom stereocenters. The summed E-state index contributed by atoms with van der Waals surface area (Å²) in [5, 5.41) is 9.87. The average Bonchev–Trinajstić information content (AvgIpc) is 3.17. The molecule has 3 rings (SSSR count). The Balaban J connectivity index is 2.07. The third kappa shape index (κ3) is 3.91. The summed E-state index contributed by atoms with van der Waals surface area (Å²) in [5.41, 5.74) is 3.72. The summed E-state index contributed by atoms with van der Waals surface area (Å²) in [4.78, 5) is 20.4. The highest BCUT2D eigenvalue weighted by atomic mass is 32.1. The van der Waals surface area contributed by atoms with Crippen LogP contribution in [0.1, 0.15) is 35.0 Å². The Morgan fingerprint density at radius 3 is 2.58 bits per heavy atom. The number of hydrogen-bond acceptors (Lipinski definition) is 5. The third-order valence-corrected chi connectivity index (χ3v) is 5.09. The van der Waals surface area contributed by atoms with Gasteiger partial charge in [-0.25, -0.2) is 9.78 Å². The monoisotopic (exact) mass is 368 g/mol. The summed E-state index contributed by atoms with van der Waals surface area (Å²) in [6.07, 6.45) is 6.43. The van der Waals surface area contributed by atoms with Crippen molar-refractivity contribution in [2.75, 3.05) is 7.11 Å². The number of aromatic carboxylic acids is 1. The van der Waals surface area contributed by atoms with Gasteiger partial charge < -0.3 is 9.84 Å². The first-order valence-electron chi connectivity index (χ1n) is 8.45. The van der Waals surface area contributed by atoms with E-state index in [0.717, 1.165) is 47.4 Å². The number of rotatable bonds is 7. The van der Waals surface area contributed by atoms with E-state index in [9.17, 15) is 9.90 Å². The molecule has 0 fully saturated rings. The molecule has 3 aromatic rings. The molecule has 0 amide bonds. The van der Waals surface area contributed by atoms with Crippen molar-refractivity contribution in [1.82, 2.24) is 9.97 Å². The summed E-state index contributed by atoms with van der Waals surface area (Å²) in [5.74, 6) is -0.188. The van der Waals surface area contributed by atoms with Crippen LogP contribution in [-0.4, -0.2) is 28.2 Å². The van der Waals surface area contributed by atoms with Crippen LogP contribution in [0.4, 0.5) is 0 Å². The Morgan fingerprint density at radius 1 is 1.19 bits per heavy atom. The molecule has 0 radical (unpaired) electrons. The maximum Gasteiger partial charge on any atom is 0.347 e. The standard InChI is InChI=1S/C20H20N2O3S/c1-3-4-5-13-10-16(19-22-12-17(26-19)20(23)24)18(21-11-13)14-6-8-15(25-2)9-7-14/h6-12H,3-5H2,1-2H3,(H,23,24). The lowest BCUT2D eigenvalue weighted by Crippen LogP contribution is -1.94. The van der Waals surface area contributed by atoms with Crippen LogP contribution in [0.25, 0.3) is 21.8 Å². The minimum Gasteiger partial charge on any atom is -0.497 e. The van der Waals surface area contributed by atoms with Gasteiger partial charge in [0, 0.05) is 17.3 Å². The molecule has 0 bridgehead atoms. The zero-order chi connectivity index (χ0) is 18.5. The van der Waals surface area contributed by atoms with Crippen LogP contribution in [0.15, 0.2) is 42.7 Å². The molecule has 0 aliphatic heterocycles. The van der Waals surface area contributed by atoms with E-state index >= 15 is 0 Å². The van der Waals surface area contributed by atoms with Gasteiger partial charge in [-0.15, -0.1) is 11.3 Å². The smallest absolute Gasteiger partial charge is 0.347 e. The molecule has 26 heavy (non-hydrogen) atoms. The van der Waals surface area contributed by atoms with Gasteiger partial charge in [0.2, 0.25) is 0 Å². The van der Waals surface area contributed by atoms with Crippen molar-refractivity contribution >= 4 is 17.3 Å². The molecule has 1 aromatic carbocycles. The third-order valence-electron chi connectivity index (χ3n) is 4.07. The van der Waals surface area contributed by atoms with E-state index in [0.29, 0.717) is 5.01 Å². The van der Waals surface area contributed by atoms with Crippen LogP contribution in [0.3, 0.4) is 0 Å². The van der Waals surface area contributed by atoms with E-state index in [-0.39, 0.29) is 4.88 Å². The maximum atomic E-state index is 11.2. The minimum atomic E-state index is -0.963. The van der Waals surface area contributed by atoms with Gasteiger partial charge in [-0.05, 0) is 48.7 Å². The number of carboxylic acids is 1. The molecular weight excluding hydrogens is 348 g/mol. The molecule has 1 N–H and O–H groups in total. The molecule has 0 atom stereocenters. The Hall–Kier alpha value is -2.73. The number of methoxy groups -OCH3 is 1. The lowest BCUT2D eigenvalue weighted by molar-refractivity contribution is 0.0702. The van der Waals surface area contributed by atoms with Gasteiger partial charge >= 0.3 is 5.97 Å². The maximum absolute atomic E-state index is 11.2. The first-order valence-corrected chi connectivity index (χ1v) is 9.27. The van der Waals surface area contributed by atoms with Crippen LogP contribution in [0.2, 0.25) is 0 Å². The highest BCUT2D eigenvalue weighted by Gasteiger charge is 2.16. The number of ether oxygens (including phenoxy) is 1. The van der Waals surface area contributed by atoms with E-state index in [1.54, 1.807) is 7.11 Å². The zero-order valence-electron chi connectivity index (χ0n) is 14.7. The SMILES string of the molecule is CCCCc1cnc(-c2ccc(OC)cc2)c(-c2ncc(C(=O)O)s2)c1. The predicted octanol–water partition coefficient (Wildman–Crippen LogP) is 4.92. The number of thiazole rings is 1. The number of aromatic nitrogens is 2. The lowest BCUT2D eigenvalue weighted by Gasteiger charge is -2.10. The van der Waals surface area contributed by atoms with Gasteiger partial charge in [0.1, 0.15) is 15.6 Å². The van der Waals surface area contributed by atoms with E-state index < -0.39 is 5.97 Å². The van der Waals surface area contributed by atoms with Crippen molar-refractivity contribution in [3.8, 4) is 27.6 Å². The number of hydrogen-bond donors (Lipinski definition) is 1. The summed E-state index contributed by atoms with van der Waals surface area (Å²) in [6.45, 7) is 2.15. The average molecular weight is 368 g/mol. The van der Waals surface area contributed by atoms with Crippen LogP contribution in [0.5, 0.6) is 5.75 Å². The molecule has 6 heteroatoms. The number of pyridine rings is 1. The highest BCUT2D eigenvalue weighted by Crippen LogP contribution is 2.34. The molecular formula is C20H20N2O3S. The van der Waals surface area contributed by atoms with Crippen LogP contribution in [-0.2, 0) is 6.42 Å². The fraction of sp³-hybridized carbons (Fsp3) is 0.250. The van der Waals surface area contributed by atoms with Crippen molar-refractivity contribution in [2.24, 2.45) is 0 Å². The minimum absolute atomic E-state index is 0.222. The van der Waals surface area contributed by atoms with Crippen molar-refractivity contribution < 1.29 is 14.6 Å². The predicted molar refractivity (Wildman–Crippen MR) is 103 cm³/mol. The van der Waals surface area contributed by atoms with Crippen molar-refractivity contribution in [3.63, 3.8) is 0 Å². The number of carboxylic acid groups (broad SMARTS) is 1. The van der Waals surface area contributed by atoms with Gasteiger partial charge in [-0.2, -0.15) is 0 Å². The molecule has 2 heterocycles. The van der Waals surface area contributed by atoms with Gasteiger partial charge in [-0.1, -0.05) is 13.3 Å². The van der Waals surface area contributed by atoms with E-state index in [1.165, 1.54) is 17.5 Å². The topological polar surface area (TPSA) is 72.3 Å². The second-order valence-electron chi connectivity index (χ2n) is 5.91. The molecule has 0 saturated carbocycles. The molecule has 0 aliphatic rings. The summed E-state index contributed by atoms with van der Waals surface area (Å²) in [6, 6.07) is 9.74. The van der Waals surface area contributed by atoms with E-state index in [1.807, 2.05) is 30.5 Å². The van der Waals surface area contributed by atoms with Gasteiger partial charge in [0.15, 0.2) is 0 Å². The molecule has 5 nitrogen and oxygen atoms in total. The first-order chi connectivity index (χ1) is 12.6. The summed E-state index contributed by atoms with van der Waals surface area (Å²) in [7, 11) is 1.63. The summed E-state index contributed by atoms with van der Waals surface area (Å²) < 4.78 is 5.22. The normalized spacial score (nSPS) is 10.7. The fourth-order valence-corrected chi connectivity index (χ4v) is 3.44. The molecule has 134 valence electrons. The van der Waals surface area contributed by atoms with Crippen molar-refractivity contribution in [3.05, 3.63) is 53.2 Å². The Labute approximate surface area is 156 Å². The number of unbranched alkanes of at least 4 members (excludes halogenated alkanes) is 1. The second-order valence-corrected chi connectivity index (χ2v) is 6.94. The number of aryl methyl sites for hydroxylation is 1. The van der Waals surface area contributed by atoms with Gasteiger partial charge in [0.25, 0.3) is 0 Å². The van der Waals surface area contributed by atoms with Crippen LogP contribution in [0, 0.1) is 0 Å². The number of carbonyl (C=O) groups is 1. The Morgan fingerprint density at radius 2 is 1.96 bits per heavy atom. The van der Waals surface area contributed by atoms with Gasteiger partial charge in [-0.3, -0.25) is 4.98 Å². The lowest BCUT2D eigenvalue weighted by atomic mass is 10.0. The summed E-state index contributed by atoms with van der Waals surface area (Å²) >= 11 is 1.17.